The molecule has 66 valence electrons. The smallest absolute Gasteiger partial charge is 0.137 e. The van der Waals surface area contributed by atoms with Gasteiger partial charge in [0.15, 0.2) is 0 Å². The van der Waals surface area contributed by atoms with Crippen LogP contribution in [0.25, 0.3) is 10.8 Å². The summed E-state index contributed by atoms with van der Waals surface area (Å²) in [6, 6.07) is 7.94. The van der Waals surface area contributed by atoms with E-state index in [0.717, 1.165) is 20.9 Å². The summed E-state index contributed by atoms with van der Waals surface area (Å²) < 4.78 is 1.02. The second kappa shape index (κ2) is 3.28. The van der Waals surface area contributed by atoms with Crippen molar-refractivity contribution >= 4 is 38.3 Å². The highest BCUT2D eigenvalue weighted by molar-refractivity contribution is 9.10. The largest absolute Gasteiger partial charge is 0.240 e. The fraction of sp³-hybridized carbons (Fsp3) is 0.100. The molecule has 1 nitrogen and oxygen atoms in total. The lowest BCUT2D eigenvalue weighted by atomic mass is 10.1. The Labute approximate surface area is 89.9 Å². The van der Waals surface area contributed by atoms with E-state index in [1.54, 1.807) is 0 Å². The van der Waals surface area contributed by atoms with Crippen molar-refractivity contribution in [3.05, 3.63) is 39.6 Å². The summed E-state index contributed by atoms with van der Waals surface area (Å²) in [6.45, 7) is 1.93. The van der Waals surface area contributed by atoms with Crippen molar-refractivity contribution in [2.75, 3.05) is 0 Å². The average Bonchev–Trinajstić information content (AvgIpc) is 2.15. The Morgan fingerprint density at radius 2 is 1.85 bits per heavy atom. The molecule has 0 unspecified atom stereocenters. The highest BCUT2D eigenvalue weighted by Gasteiger charge is 2.06. The van der Waals surface area contributed by atoms with Crippen molar-refractivity contribution in [1.82, 2.24) is 4.98 Å². The van der Waals surface area contributed by atoms with Gasteiger partial charge in [0, 0.05) is 15.2 Å². The molecule has 1 heterocycles. The molecule has 0 spiro atoms. The van der Waals surface area contributed by atoms with Gasteiger partial charge in [-0.05, 0) is 22.9 Å². The number of rotatable bonds is 0. The molecule has 0 aliphatic rings. The van der Waals surface area contributed by atoms with E-state index in [9.17, 15) is 0 Å². The van der Waals surface area contributed by atoms with E-state index in [-0.39, 0.29) is 0 Å². The molecule has 13 heavy (non-hydrogen) atoms. The number of benzene rings is 1. The van der Waals surface area contributed by atoms with Crippen molar-refractivity contribution in [3.8, 4) is 0 Å². The number of nitrogens with zero attached hydrogens (tertiary/aromatic N) is 1. The minimum absolute atomic E-state index is 0.566. The highest BCUT2D eigenvalue weighted by atomic mass is 79.9. The lowest BCUT2D eigenvalue weighted by Crippen LogP contribution is -1.86. The number of halogens is 2. The molecule has 0 atom stereocenters. The zero-order chi connectivity index (χ0) is 9.42. The summed E-state index contributed by atoms with van der Waals surface area (Å²) >= 11 is 9.50. The van der Waals surface area contributed by atoms with Crippen molar-refractivity contribution < 1.29 is 0 Å². The molecule has 1 aromatic carbocycles. The van der Waals surface area contributed by atoms with E-state index in [1.165, 1.54) is 0 Å². The van der Waals surface area contributed by atoms with Crippen LogP contribution in [0.5, 0.6) is 0 Å². The van der Waals surface area contributed by atoms with Crippen molar-refractivity contribution in [3.63, 3.8) is 0 Å². The normalized spacial score (nSPS) is 10.7. The maximum absolute atomic E-state index is 6.00. The Kier molecular flexibility index (Phi) is 2.26. The van der Waals surface area contributed by atoms with Gasteiger partial charge >= 0.3 is 0 Å². The van der Waals surface area contributed by atoms with Gasteiger partial charge in [0.2, 0.25) is 0 Å². The molecule has 0 saturated heterocycles. The quantitative estimate of drug-likeness (QED) is 0.650. The molecule has 0 saturated carbocycles. The van der Waals surface area contributed by atoms with E-state index in [4.69, 9.17) is 11.6 Å². The van der Waals surface area contributed by atoms with Crippen LogP contribution in [-0.2, 0) is 0 Å². The first-order valence-corrected chi connectivity index (χ1v) is 5.07. The molecule has 0 amide bonds. The number of aromatic nitrogens is 1. The first kappa shape index (κ1) is 8.97. The third-order valence-corrected chi connectivity index (χ3v) is 3.26. The van der Waals surface area contributed by atoms with E-state index in [2.05, 4.69) is 20.9 Å². The van der Waals surface area contributed by atoms with Gasteiger partial charge in [-0.2, -0.15) is 0 Å². The lowest BCUT2D eigenvalue weighted by molar-refractivity contribution is 1.21. The molecule has 0 aliphatic heterocycles. The monoisotopic (exact) mass is 255 g/mol. The molecule has 0 bridgehead atoms. The fourth-order valence-electron chi connectivity index (χ4n) is 1.31. The van der Waals surface area contributed by atoms with Crippen LogP contribution in [0.3, 0.4) is 0 Å². The summed E-state index contributed by atoms with van der Waals surface area (Å²) in [4.78, 5) is 4.22. The van der Waals surface area contributed by atoms with Crippen LogP contribution >= 0.6 is 27.5 Å². The fourth-order valence-corrected chi connectivity index (χ4v) is 2.03. The van der Waals surface area contributed by atoms with E-state index in [0.29, 0.717) is 5.15 Å². The Morgan fingerprint density at radius 3 is 2.54 bits per heavy atom. The number of hydrogen-bond donors (Lipinski definition) is 0. The summed E-state index contributed by atoms with van der Waals surface area (Å²) in [5.74, 6) is 0. The van der Waals surface area contributed by atoms with Crippen molar-refractivity contribution in [1.29, 1.82) is 0 Å². The summed E-state index contributed by atoms with van der Waals surface area (Å²) in [7, 11) is 0. The van der Waals surface area contributed by atoms with Crippen LogP contribution in [0, 0.1) is 6.92 Å². The summed E-state index contributed by atoms with van der Waals surface area (Å²) in [5, 5.41) is 2.66. The summed E-state index contributed by atoms with van der Waals surface area (Å²) in [6.07, 6.45) is 0. The van der Waals surface area contributed by atoms with Gasteiger partial charge in [-0.25, -0.2) is 4.98 Å². The van der Waals surface area contributed by atoms with Crippen molar-refractivity contribution in [2.24, 2.45) is 0 Å². The number of fused-ring (bicyclic) bond motifs is 1. The second-order valence-electron chi connectivity index (χ2n) is 2.85. The van der Waals surface area contributed by atoms with Gasteiger partial charge in [0.25, 0.3) is 0 Å². The first-order valence-electron chi connectivity index (χ1n) is 3.90. The Hall–Kier alpha value is -0.600. The van der Waals surface area contributed by atoms with Crippen LogP contribution in [-0.4, -0.2) is 4.98 Å². The van der Waals surface area contributed by atoms with Crippen LogP contribution in [0.15, 0.2) is 28.7 Å². The zero-order valence-electron chi connectivity index (χ0n) is 7.01. The molecular formula is C10H7BrClN. The number of hydrogen-bond acceptors (Lipinski definition) is 1. The standard InChI is InChI=1S/C10H7BrClN/c1-6-9(11)7-4-2-3-5-8(7)10(12)13-6/h2-5H,1H3. The summed E-state index contributed by atoms with van der Waals surface area (Å²) in [5.41, 5.74) is 0.920. The van der Waals surface area contributed by atoms with Gasteiger partial charge in [0.1, 0.15) is 5.15 Å². The Balaban J connectivity index is 2.97. The maximum atomic E-state index is 6.00. The molecular weight excluding hydrogens is 249 g/mol. The predicted octanol–water partition coefficient (Wildman–Crippen LogP) is 3.96. The molecule has 0 radical (unpaired) electrons. The number of aryl methyl sites for hydroxylation is 1. The molecule has 0 fully saturated rings. The van der Waals surface area contributed by atoms with Gasteiger partial charge < -0.3 is 0 Å². The number of pyridine rings is 1. The van der Waals surface area contributed by atoms with E-state index < -0.39 is 0 Å². The second-order valence-corrected chi connectivity index (χ2v) is 4.00. The van der Waals surface area contributed by atoms with Gasteiger partial charge in [-0.1, -0.05) is 35.9 Å². The van der Waals surface area contributed by atoms with Crippen LogP contribution in [0.2, 0.25) is 5.15 Å². The first-order chi connectivity index (χ1) is 6.20. The molecule has 2 rings (SSSR count). The molecule has 1 aromatic heterocycles. The van der Waals surface area contributed by atoms with Crippen LogP contribution in [0.4, 0.5) is 0 Å². The third kappa shape index (κ3) is 1.45. The van der Waals surface area contributed by atoms with Gasteiger partial charge in [-0.3, -0.25) is 0 Å². The Bertz CT molecular complexity index is 468. The lowest BCUT2D eigenvalue weighted by Gasteiger charge is -2.04. The Morgan fingerprint density at radius 1 is 1.23 bits per heavy atom. The van der Waals surface area contributed by atoms with Crippen molar-refractivity contribution in [2.45, 2.75) is 6.92 Å². The minimum atomic E-state index is 0.566. The average molecular weight is 257 g/mol. The highest BCUT2D eigenvalue weighted by Crippen LogP contribution is 2.30. The van der Waals surface area contributed by atoms with Gasteiger partial charge in [-0.15, -0.1) is 0 Å². The van der Waals surface area contributed by atoms with Crippen LogP contribution in [0.1, 0.15) is 5.69 Å². The maximum Gasteiger partial charge on any atom is 0.137 e. The van der Waals surface area contributed by atoms with Crippen LogP contribution < -0.4 is 0 Å². The van der Waals surface area contributed by atoms with Gasteiger partial charge in [0.05, 0.1) is 5.69 Å². The van der Waals surface area contributed by atoms with E-state index in [1.807, 2.05) is 31.2 Å². The third-order valence-electron chi connectivity index (χ3n) is 1.97. The molecule has 2 aromatic rings. The molecule has 0 N–H and O–H groups in total. The van der Waals surface area contributed by atoms with E-state index >= 15 is 0 Å². The zero-order valence-corrected chi connectivity index (χ0v) is 9.35. The predicted molar refractivity (Wildman–Crippen MR) is 59.2 cm³/mol. The minimum Gasteiger partial charge on any atom is -0.240 e. The molecule has 3 heteroatoms. The molecule has 0 aliphatic carbocycles. The topological polar surface area (TPSA) is 12.9 Å². The SMILES string of the molecule is Cc1nc(Cl)c2ccccc2c1Br.